The molecule has 0 aromatic rings. The zero-order valence-corrected chi connectivity index (χ0v) is 40.2. The SMILES string of the molecule is CCCCC/C=C/C/C=C/CCCCCCCC(=O)OC[C@@H](COC(=O)CCCCCCCCCCCCCCC)OC(=O)CCCCCCCCCCCCCCCC. The zero-order chi connectivity index (χ0) is 43.7. The standard InChI is InChI=1S/C54H100O6/c1-4-7-10-13-16-19-22-25-27-30-32-35-38-41-44-47-53(56)59-50-51(49-58-52(55)46-43-40-37-34-31-28-24-21-18-15-12-9-6-3)60-54(57)48-45-42-39-36-33-29-26-23-20-17-14-11-8-5-2/h16,19,25,27,51H,4-15,17-18,20-24,26,28-50H2,1-3H3/b19-16+,27-25+/t51-/m1/s1. The van der Waals surface area contributed by atoms with Crippen molar-refractivity contribution < 1.29 is 28.6 Å². The van der Waals surface area contributed by atoms with E-state index in [0.29, 0.717) is 19.3 Å². The molecule has 0 spiro atoms. The van der Waals surface area contributed by atoms with E-state index in [9.17, 15) is 14.4 Å². The Balaban J connectivity index is 4.36. The van der Waals surface area contributed by atoms with E-state index in [1.54, 1.807) is 0 Å². The Labute approximate surface area is 373 Å². The first-order valence-electron chi connectivity index (χ1n) is 26.3. The molecule has 6 nitrogen and oxygen atoms in total. The van der Waals surface area contributed by atoms with E-state index < -0.39 is 6.10 Å². The monoisotopic (exact) mass is 845 g/mol. The lowest BCUT2D eigenvalue weighted by Crippen LogP contribution is -2.30. The first-order chi connectivity index (χ1) is 29.5. The highest BCUT2D eigenvalue weighted by Gasteiger charge is 2.19. The summed E-state index contributed by atoms with van der Waals surface area (Å²) in [5.41, 5.74) is 0. The van der Waals surface area contributed by atoms with Gasteiger partial charge in [0.05, 0.1) is 0 Å². The van der Waals surface area contributed by atoms with E-state index in [1.165, 1.54) is 167 Å². The Kier molecular flexibility index (Phi) is 47.8. The van der Waals surface area contributed by atoms with Gasteiger partial charge in [-0.3, -0.25) is 14.4 Å². The van der Waals surface area contributed by atoms with Gasteiger partial charge in [0.1, 0.15) is 13.2 Å². The number of ether oxygens (including phenoxy) is 3. The van der Waals surface area contributed by atoms with E-state index in [0.717, 1.165) is 77.0 Å². The number of hydrogen-bond acceptors (Lipinski definition) is 6. The summed E-state index contributed by atoms with van der Waals surface area (Å²) in [5.74, 6) is -0.870. The van der Waals surface area contributed by atoms with Gasteiger partial charge in [0, 0.05) is 19.3 Å². The summed E-state index contributed by atoms with van der Waals surface area (Å²) in [7, 11) is 0. The van der Waals surface area contributed by atoms with E-state index in [-0.39, 0.29) is 31.1 Å². The van der Waals surface area contributed by atoms with Gasteiger partial charge in [-0.15, -0.1) is 0 Å². The lowest BCUT2D eigenvalue weighted by Gasteiger charge is -2.18. The molecule has 60 heavy (non-hydrogen) atoms. The fraction of sp³-hybridized carbons (Fsp3) is 0.870. The topological polar surface area (TPSA) is 78.9 Å². The normalized spacial score (nSPS) is 12.1. The Morgan fingerprint density at radius 3 is 0.950 bits per heavy atom. The molecule has 6 heteroatoms. The van der Waals surface area contributed by atoms with Crippen LogP contribution in [-0.2, 0) is 28.6 Å². The fourth-order valence-corrected chi connectivity index (χ4v) is 7.71. The third kappa shape index (κ3) is 46.9. The number of hydrogen-bond donors (Lipinski definition) is 0. The molecule has 0 aliphatic rings. The Bertz CT molecular complexity index is 973. The van der Waals surface area contributed by atoms with Gasteiger partial charge < -0.3 is 14.2 Å². The zero-order valence-electron chi connectivity index (χ0n) is 40.2. The number of unbranched alkanes of at least 4 members (excludes halogenated alkanes) is 33. The molecule has 0 aliphatic heterocycles. The molecule has 0 fully saturated rings. The van der Waals surface area contributed by atoms with Crippen LogP contribution in [-0.4, -0.2) is 37.2 Å². The van der Waals surface area contributed by atoms with Gasteiger partial charge >= 0.3 is 17.9 Å². The number of rotatable bonds is 48. The third-order valence-electron chi connectivity index (χ3n) is 11.7. The first kappa shape index (κ1) is 57.9. The maximum atomic E-state index is 12.8. The van der Waals surface area contributed by atoms with Crippen molar-refractivity contribution in [3.05, 3.63) is 24.3 Å². The molecule has 0 rings (SSSR count). The van der Waals surface area contributed by atoms with Gasteiger partial charge in [-0.05, 0) is 51.4 Å². The lowest BCUT2D eigenvalue weighted by atomic mass is 10.0. The minimum Gasteiger partial charge on any atom is -0.462 e. The van der Waals surface area contributed by atoms with Crippen LogP contribution in [0.3, 0.4) is 0 Å². The van der Waals surface area contributed by atoms with Crippen molar-refractivity contribution in [2.75, 3.05) is 13.2 Å². The van der Waals surface area contributed by atoms with Crippen molar-refractivity contribution in [1.29, 1.82) is 0 Å². The molecule has 0 bridgehead atoms. The highest BCUT2D eigenvalue weighted by atomic mass is 16.6. The van der Waals surface area contributed by atoms with E-state index in [1.807, 2.05) is 0 Å². The molecule has 0 saturated carbocycles. The predicted octanol–water partition coefficient (Wildman–Crippen LogP) is 17.2. The minimum absolute atomic E-state index is 0.0707. The van der Waals surface area contributed by atoms with Crippen LogP contribution < -0.4 is 0 Å². The predicted molar refractivity (Wildman–Crippen MR) is 256 cm³/mol. The first-order valence-corrected chi connectivity index (χ1v) is 26.3. The minimum atomic E-state index is -0.770. The molecule has 0 saturated heterocycles. The molecular formula is C54H100O6. The summed E-state index contributed by atoms with van der Waals surface area (Å²) in [6.45, 7) is 6.63. The summed E-state index contributed by atoms with van der Waals surface area (Å²) >= 11 is 0. The third-order valence-corrected chi connectivity index (χ3v) is 11.7. The molecule has 0 aromatic heterocycles. The molecule has 0 N–H and O–H groups in total. The van der Waals surface area contributed by atoms with Crippen molar-refractivity contribution in [2.24, 2.45) is 0 Å². The van der Waals surface area contributed by atoms with Crippen LogP contribution in [0.5, 0.6) is 0 Å². The molecule has 0 unspecified atom stereocenters. The van der Waals surface area contributed by atoms with Crippen LogP contribution >= 0.6 is 0 Å². The largest absolute Gasteiger partial charge is 0.462 e. The molecule has 0 aromatic carbocycles. The number of carbonyl (C=O) groups is 3. The molecular weight excluding hydrogens is 745 g/mol. The lowest BCUT2D eigenvalue weighted by molar-refractivity contribution is -0.167. The van der Waals surface area contributed by atoms with Gasteiger partial charge in [-0.1, -0.05) is 238 Å². The molecule has 0 aliphatic carbocycles. The summed E-state index contributed by atoms with van der Waals surface area (Å²) in [4.78, 5) is 38.0. The summed E-state index contributed by atoms with van der Waals surface area (Å²) in [6.07, 6.45) is 55.8. The Hall–Kier alpha value is -2.11. The van der Waals surface area contributed by atoms with E-state index >= 15 is 0 Å². The van der Waals surface area contributed by atoms with Crippen molar-refractivity contribution in [3.8, 4) is 0 Å². The second-order valence-electron chi connectivity index (χ2n) is 17.8. The average Bonchev–Trinajstić information content (AvgIpc) is 3.24. The second kappa shape index (κ2) is 49.5. The fourth-order valence-electron chi connectivity index (χ4n) is 7.71. The number of allylic oxidation sites excluding steroid dienone is 4. The van der Waals surface area contributed by atoms with E-state index in [4.69, 9.17) is 14.2 Å². The van der Waals surface area contributed by atoms with Crippen LogP contribution in [0, 0.1) is 0 Å². The van der Waals surface area contributed by atoms with Gasteiger partial charge in [0.15, 0.2) is 6.10 Å². The molecule has 0 radical (unpaired) electrons. The molecule has 0 heterocycles. The van der Waals surface area contributed by atoms with Crippen LogP contribution in [0.15, 0.2) is 24.3 Å². The summed E-state index contributed by atoms with van der Waals surface area (Å²) in [6, 6.07) is 0. The molecule has 352 valence electrons. The highest BCUT2D eigenvalue weighted by Crippen LogP contribution is 2.16. The van der Waals surface area contributed by atoms with E-state index in [2.05, 4.69) is 45.1 Å². The van der Waals surface area contributed by atoms with Crippen molar-refractivity contribution in [1.82, 2.24) is 0 Å². The number of esters is 3. The van der Waals surface area contributed by atoms with Gasteiger partial charge in [-0.2, -0.15) is 0 Å². The maximum absolute atomic E-state index is 12.8. The van der Waals surface area contributed by atoms with Crippen molar-refractivity contribution in [2.45, 2.75) is 290 Å². The second-order valence-corrected chi connectivity index (χ2v) is 17.8. The number of carbonyl (C=O) groups excluding carboxylic acids is 3. The quantitative estimate of drug-likeness (QED) is 0.0263. The smallest absolute Gasteiger partial charge is 0.306 e. The van der Waals surface area contributed by atoms with Crippen molar-refractivity contribution >= 4 is 17.9 Å². The maximum Gasteiger partial charge on any atom is 0.306 e. The molecule has 1 atom stereocenters. The van der Waals surface area contributed by atoms with Gasteiger partial charge in [0.25, 0.3) is 0 Å². The van der Waals surface area contributed by atoms with Gasteiger partial charge in [0.2, 0.25) is 0 Å². The highest BCUT2D eigenvalue weighted by molar-refractivity contribution is 5.71. The molecule has 0 amide bonds. The van der Waals surface area contributed by atoms with Crippen LogP contribution in [0.2, 0.25) is 0 Å². The summed E-state index contributed by atoms with van der Waals surface area (Å²) in [5, 5.41) is 0. The summed E-state index contributed by atoms with van der Waals surface area (Å²) < 4.78 is 16.8. The Morgan fingerprint density at radius 1 is 0.333 bits per heavy atom. The average molecular weight is 845 g/mol. The van der Waals surface area contributed by atoms with Crippen LogP contribution in [0.4, 0.5) is 0 Å². The van der Waals surface area contributed by atoms with Crippen LogP contribution in [0.1, 0.15) is 284 Å². The van der Waals surface area contributed by atoms with Crippen LogP contribution in [0.25, 0.3) is 0 Å². The van der Waals surface area contributed by atoms with Crippen molar-refractivity contribution in [3.63, 3.8) is 0 Å². The van der Waals surface area contributed by atoms with Gasteiger partial charge in [-0.25, -0.2) is 0 Å². The Morgan fingerprint density at radius 2 is 0.600 bits per heavy atom.